The van der Waals surface area contributed by atoms with E-state index < -0.39 is 5.79 Å². The van der Waals surface area contributed by atoms with E-state index in [-0.39, 0.29) is 12.0 Å². The maximum Gasteiger partial charge on any atom is 0.255 e. The summed E-state index contributed by atoms with van der Waals surface area (Å²) in [5.74, 6) is 0.264. The maximum absolute atomic E-state index is 12.4. The molecule has 6 nitrogen and oxygen atoms in total. The molecule has 0 bridgehead atoms. The van der Waals surface area contributed by atoms with Crippen LogP contribution in [0.25, 0.3) is 0 Å². The van der Waals surface area contributed by atoms with Crippen LogP contribution in [0.2, 0.25) is 0 Å². The molecule has 128 valence electrons. The van der Waals surface area contributed by atoms with E-state index in [4.69, 9.17) is 9.47 Å². The summed E-state index contributed by atoms with van der Waals surface area (Å²) in [7, 11) is 1.85. The highest BCUT2D eigenvalue weighted by atomic mass is 16.7. The van der Waals surface area contributed by atoms with E-state index in [1.165, 1.54) is 0 Å². The Morgan fingerprint density at radius 3 is 2.70 bits per heavy atom. The minimum absolute atomic E-state index is 0.0651. The van der Waals surface area contributed by atoms with Crippen molar-refractivity contribution in [3.05, 3.63) is 17.0 Å². The van der Waals surface area contributed by atoms with Gasteiger partial charge in [-0.3, -0.25) is 9.48 Å². The third-order valence-corrected chi connectivity index (χ3v) is 5.18. The van der Waals surface area contributed by atoms with Gasteiger partial charge >= 0.3 is 0 Å². The molecule has 1 aromatic rings. The number of hydrogen-bond acceptors (Lipinski definition) is 4. The van der Waals surface area contributed by atoms with Crippen LogP contribution in [0.15, 0.2) is 0 Å². The summed E-state index contributed by atoms with van der Waals surface area (Å²) in [6, 6.07) is 0. The van der Waals surface area contributed by atoms with Crippen molar-refractivity contribution >= 4 is 5.91 Å². The Bertz CT molecular complexity index is 588. The molecular formula is C17H27N3O3. The Kier molecular flexibility index (Phi) is 4.47. The Morgan fingerprint density at radius 1 is 1.39 bits per heavy atom. The summed E-state index contributed by atoms with van der Waals surface area (Å²) in [6.45, 7) is 7.07. The number of nitrogens with zero attached hydrogens (tertiary/aromatic N) is 2. The predicted octanol–water partition coefficient (Wildman–Crippen LogP) is 2.09. The predicted molar refractivity (Wildman–Crippen MR) is 86.2 cm³/mol. The van der Waals surface area contributed by atoms with E-state index >= 15 is 0 Å². The molecule has 1 atom stereocenters. The van der Waals surface area contributed by atoms with Crippen LogP contribution >= 0.6 is 0 Å². The van der Waals surface area contributed by atoms with Crippen molar-refractivity contribution < 1.29 is 14.3 Å². The minimum Gasteiger partial charge on any atom is -0.349 e. The van der Waals surface area contributed by atoms with Crippen molar-refractivity contribution in [2.45, 2.75) is 58.3 Å². The molecule has 3 rings (SSSR count). The lowest BCUT2D eigenvalue weighted by Gasteiger charge is -2.34. The Balaban J connectivity index is 1.54. The fourth-order valence-corrected chi connectivity index (χ4v) is 3.58. The molecule has 1 amide bonds. The summed E-state index contributed by atoms with van der Waals surface area (Å²) < 4.78 is 13.8. The zero-order valence-electron chi connectivity index (χ0n) is 14.5. The third kappa shape index (κ3) is 3.28. The number of carbonyl (C=O) groups is 1. The van der Waals surface area contributed by atoms with Gasteiger partial charge in [0, 0.05) is 32.1 Å². The molecule has 2 heterocycles. The molecule has 1 saturated heterocycles. The first-order chi connectivity index (χ1) is 10.9. The van der Waals surface area contributed by atoms with Gasteiger partial charge in [0.25, 0.3) is 5.91 Å². The lowest BCUT2D eigenvalue weighted by molar-refractivity contribution is -0.191. The monoisotopic (exact) mass is 321 g/mol. The van der Waals surface area contributed by atoms with E-state index in [1.807, 2.05) is 20.9 Å². The summed E-state index contributed by atoms with van der Waals surface area (Å²) >= 11 is 0. The van der Waals surface area contributed by atoms with Gasteiger partial charge in [0.15, 0.2) is 5.79 Å². The normalized spacial score (nSPS) is 30.8. The van der Waals surface area contributed by atoms with Crippen molar-refractivity contribution in [3.63, 3.8) is 0 Å². The highest BCUT2D eigenvalue weighted by molar-refractivity contribution is 5.96. The molecule has 0 radical (unpaired) electrons. The Labute approximate surface area is 137 Å². The topological polar surface area (TPSA) is 65.4 Å². The number of aromatic nitrogens is 2. The average molecular weight is 321 g/mol. The second-order valence-corrected chi connectivity index (χ2v) is 7.02. The first-order valence-corrected chi connectivity index (χ1v) is 8.50. The molecule has 1 aliphatic carbocycles. The number of aryl methyl sites for hydroxylation is 2. The molecule has 2 aliphatic rings. The summed E-state index contributed by atoms with van der Waals surface area (Å²) in [6.07, 6.45) is 4.14. The zero-order chi connectivity index (χ0) is 16.6. The van der Waals surface area contributed by atoms with Gasteiger partial charge in [-0.2, -0.15) is 5.10 Å². The molecule has 0 aromatic carbocycles. The molecule has 6 heteroatoms. The molecule has 1 N–H and O–H groups in total. The van der Waals surface area contributed by atoms with Gasteiger partial charge in [-0.15, -0.1) is 0 Å². The molecule has 2 fully saturated rings. The van der Waals surface area contributed by atoms with Crippen LogP contribution < -0.4 is 5.32 Å². The second kappa shape index (κ2) is 6.24. The van der Waals surface area contributed by atoms with Crippen LogP contribution in [0.5, 0.6) is 0 Å². The van der Waals surface area contributed by atoms with Gasteiger partial charge in [0.1, 0.15) is 6.10 Å². The maximum atomic E-state index is 12.4. The van der Waals surface area contributed by atoms with Gasteiger partial charge in [0.2, 0.25) is 0 Å². The Morgan fingerprint density at radius 2 is 2.09 bits per heavy atom. The number of nitrogens with one attached hydrogen (secondary N) is 1. The van der Waals surface area contributed by atoms with Crippen molar-refractivity contribution in [1.82, 2.24) is 15.1 Å². The second-order valence-electron chi connectivity index (χ2n) is 7.02. The molecule has 1 spiro atoms. The lowest BCUT2D eigenvalue weighted by atomic mass is 9.86. The fourth-order valence-electron chi connectivity index (χ4n) is 3.58. The van der Waals surface area contributed by atoms with E-state index in [0.29, 0.717) is 18.7 Å². The number of rotatable bonds is 3. The molecule has 1 aliphatic heterocycles. The van der Waals surface area contributed by atoms with Crippen molar-refractivity contribution in [1.29, 1.82) is 0 Å². The van der Waals surface area contributed by atoms with Crippen LogP contribution in [-0.2, 0) is 16.5 Å². The fraction of sp³-hybridized carbons (Fsp3) is 0.765. The summed E-state index contributed by atoms with van der Waals surface area (Å²) in [4.78, 5) is 12.4. The van der Waals surface area contributed by atoms with Crippen LogP contribution in [0.3, 0.4) is 0 Å². The van der Waals surface area contributed by atoms with Crippen LogP contribution in [0.4, 0.5) is 0 Å². The first-order valence-electron chi connectivity index (χ1n) is 8.50. The highest BCUT2D eigenvalue weighted by Crippen LogP contribution is 2.39. The summed E-state index contributed by atoms with van der Waals surface area (Å²) in [5.41, 5.74) is 2.29. The standard InChI is InChI=1S/C17H27N3O3/c1-11-5-7-17(8-6-11)22-10-14(23-17)9-18-16(21)15-12(2)19-20(4)13(15)3/h11,14H,5-10H2,1-4H3,(H,18,21)/t11?,14-,17?/m1/s1. The first kappa shape index (κ1) is 16.5. The van der Waals surface area contributed by atoms with E-state index in [1.54, 1.807) is 4.68 Å². The van der Waals surface area contributed by atoms with Gasteiger partial charge in [0.05, 0.1) is 17.9 Å². The average Bonchev–Trinajstić information content (AvgIpc) is 3.02. The van der Waals surface area contributed by atoms with Gasteiger partial charge in [-0.05, 0) is 32.6 Å². The van der Waals surface area contributed by atoms with Gasteiger partial charge in [-0.25, -0.2) is 0 Å². The van der Waals surface area contributed by atoms with Crippen molar-refractivity contribution in [2.24, 2.45) is 13.0 Å². The highest BCUT2D eigenvalue weighted by Gasteiger charge is 2.43. The van der Waals surface area contributed by atoms with E-state index in [2.05, 4.69) is 17.3 Å². The minimum atomic E-state index is -0.401. The summed E-state index contributed by atoms with van der Waals surface area (Å²) in [5, 5.41) is 7.26. The quantitative estimate of drug-likeness (QED) is 0.926. The van der Waals surface area contributed by atoms with Crippen LogP contribution in [-0.4, -0.2) is 40.7 Å². The van der Waals surface area contributed by atoms with E-state index in [9.17, 15) is 4.79 Å². The number of amides is 1. The molecular weight excluding hydrogens is 294 g/mol. The van der Waals surface area contributed by atoms with Gasteiger partial charge < -0.3 is 14.8 Å². The molecule has 23 heavy (non-hydrogen) atoms. The van der Waals surface area contributed by atoms with Crippen molar-refractivity contribution in [3.8, 4) is 0 Å². The van der Waals surface area contributed by atoms with Crippen LogP contribution in [0.1, 0.15) is 54.4 Å². The number of carbonyl (C=O) groups excluding carboxylic acids is 1. The number of ether oxygens (including phenoxy) is 2. The number of hydrogen-bond donors (Lipinski definition) is 1. The molecule has 0 unspecified atom stereocenters. The SMILES string of the molecule is Cc1nn(C)c(C)c1C(=O)NC[C@@H]1COC2(CCC(C)CC2)O1. The molecule has 1 saturated carbocycles. The lowest BCUT2D eigenvalue weighted by Crippen LogP contribution is -2.38. The molecule has 1 aromatic heterocycles. The largest absolute Gasteiger partial charge is 0.349 e. The van der Waals surface area contributed by atoms with Gasteiger partial charge in [-0.1, -0.05) is 6.92 Å². The van der Waals surface area contributed by atoms with Crippen LogP contribution in [0, 0.1) is 19.8 Å². The third-order valence-electron chi connectivity index (χ3n) is 5.18. The van der Waals surface area contributed by atoms with E-state index in [0.717, 1.165) is 43.0 Å². The zero-order valence-corrected chi connectivity index (χ0v) is 14.5. The Hall–Kier alpha value is -1.40. The van der Waals surface area contributed by atoms with Crippen molar-refractivity contribution in [2.75, 3.05) is 13.2 Å². The smallest absolute Gasteiger partial charge is 0.255 e.